The molecule has 8 heteroatoms. The number of hydrogen-bond acceptors (Lipinski definition) is 7. The van der Waals surface area contributed by atoms with Crippen LogP contribution >= 0.6 is 0 Å². The van der Waals surface area contributed by atoms with Gasteiger partial charge in [-0.05, 0) is 39.2 Å². The zero-order chi connectivity index (χ0) is 24.4. The molecule has 180 valence electrons. The molecular formula is C25H34N2O6. The first-order chi connectivity index (χ1) is 15.7. The van der Waals surface area contributed by atoms with Crippen molar-refractivity contribution in [3.63, 3.8) is 0 Å². The van der Waals surface area contributed by atoms with Crippen molar-refractivity contribution in [1.29, 1.82) is 0 Å². The number of aromatic nitrogens is 1. The van der Waals surface area contributed by atoms with E-state index in [2.05, 4.69) is 10.3 Å². The minimum absolute atomic E-state index is 0.0569. The molecule has 2 aromatic rings. The van der Waals surface area contributed by atoms with E-state index >= 15 is 0 Å². The molecule has 0 fully saturated rings. The molecule has 0 aliphatic rings. The summed E-state index contributed by atoms with van der Waals surface area (Å²) in [5, 5.41) is 12.8. The molecule has 0 saturated heterocycles. The fraction of sp³-hybridized carbons (Fsp3) is 0.480. The van der Waals surface area contributed by atoms with Gasteiger partial charge in [-0.15, -0.1) is 0 Å². The van der Waals surface area contributed by atoms with Gasteiger partial charge in [-0.1, -0.05) is 37.3 Å². The van der Waals surface area contributed by atoms with E-state index in [9.17, 15) is 14.7 Å². The van der Waals surface area contributed by atoms with Gasteiger partial charge in [0.2, 0.25) is 0 Å². The van der Waals surface area contributed by atoms with Crippen molar-refractivity contribution >= 4 is 11.9 Å². The topological polar surface area (TPSA) is 107 Å². The highest BCUT2D eigenvalue weighted by atomic mass is 16.5. The highest BCUT2D eigenvalue weighted by Gasteiger charge is 2.35. The molecule has 0 spiro atoms. The van der Waals surface area contributed by atoms with Crippen molar-refractivity contribution in [1.82, 2.24) is 10.3 Å². The molecule has 0 saturated carbocycles. The second-order valence-electron chi connectivity index (χ2n) is 8.42. The molecule has 2 N–H and O–H groups in total. The smallest absolute Gasteiger partial charge is 0.331 e. The van der Waals surface area contributed by atoms with Crippen LogP contribution in [0.15, 0.2) is 42.6 Å². The van der Waals surface area contributed by atoms with E-state index in [1.54, 1.807) is 0 Å². The number of ether oxygens (including phenoxy) is 3. The van der Waals surface area contributed by atoms with Crippen molar-refractivity contribution in [2.45, 2.75) is 52.2 Å². The number of carbonyl (C=O) groups excluding carboxylic acids is 2. The van der Waals surface area contributed by atoms with Crippen LogP contribution in [0.2, 0.25) is 0 Å². The van der Waals surface area contributed by atoms with E-state index < -0.39 is 29.3 Å². The van der Waals surface area contributed by atoms with Gasteiger partial charge in [0.05, 0.1) is 13.7 Å². The molecule has 8 nitrogen and oxygen atoms in total. The van der Waals surface area contributed by atoms with Crippen molar-refractivity contribution in [2.75, 3.05) is 20.3 Å². The minimum Gasteiger partial charge on any atom is -0.503 e. The van der Waals surface area contributed by atoms with E-state index in [0.29, 0.717) is 19.6 Å². The number of rotatable bonds is 12. The molecule has 2 atom stereocenters. The number of pyridine rings is 1. The number of hydrogen-bond donors (Lipinski definition) is 2. The summed E-state index contributed by atoms with van der Waals surface area (Å²) in [6, 6.07) is 11.4. The molecule has 1 heterocycles. The van der Waals surface area contributed by atoms with E-state index in [0.717, 1.165) is 12.0 Å². The van der Waals surface area contributed by atoms with Gasteiger partial charge in [0, 0.05) is 24.8 Å². The minimum atomic E-state index is -1.36. The van der Waals surface area contributed by atoms with Crippen LogP contribution in [0, 0.1) is 5.92 Å². The Morgan fingerprint density at radius 2 is 1.88 bits per heavy atom. The maximum atomic E-state index is 13.0. The van der Waals surface area contributed by atoms with Gasteiger partial charge in [0.25, 0.3) is 5.91 Å². The van der Waals surface area contributed by atoms with Crippen LogP contribution in [0.1, 0.15) is 50.2 Å². The summed E-state index contributed by atoms with van der Waals surface area (Å²) in [7, 11) is 1.37. The summed E-state index contributed by atoms with van der Waals surface area (Å²) in [6.07, 6.45) is 2.48. The van der Waals surface area contributed by atoms with Gasteiger partial charge < -0.3 is 24.6 Å². The molecule has 1 aromatic heterocycles. The van der Waals surface area contributed by atoms with Gasteiger partial charge >= 0.3 is 5.97 Å². The summed E-state index contributed by atoms with van der Waals surface area (Å²) in [5.41, 5.74) is -0.472. The predicted molar refractivity (Wildman–Crippen MR) is 124 cm³/mol. The summed E-state index contributed by atoms with van der Waals surface area (Å²) < 4.78 is 16.5. The Bertz CT molecular complexity index is 916. The van der Waals surface area contributed by atoms with Gasteiger partial charge in [0.15, 0.2) is 17.2 Å². The van der Waals surface area contributed by atoms with Gasteiger partial charge in [-0.2, -0.15) is 0 Å². The summed E-state index contributed by atoms with van der Waals surface area (Å²) >= 11 is 0. The second-order valence-corrected chi connectivity index (χ2v) is 8.42. The normalized spacial score (nSPS) is 13.1. The molecular weight excluding hydrogens is 424 g/mol. The Morgan fingerprint density at radius 3 is 2.52 bits per heavy atom. The highest BCUT2D eigenvalue weighted by molar-refractivity contribution is 5.98. The Kier molecular flexibility index (Phi) is 9.66. The fourth-order valence-electron chi connectivity index (χ4n) is 3.23. The molecule has 0 aliphatic carbocycles. The number of benzene rings is 1. The highest BCUT2D eigenvalue weighted by Crippen LogP contribution is 2.28. The number of methoxy groups -OCH3 is 1. The van der Waals surface area contributed by atoms with Crippen molar-refractivity contribution in [2.24, 2.45) is 5.92 Å². The molecule has 0 aliphatic heterocycles. The summed E-state index contributed by atoms with van der Waals surface area (Å²) in [6.45, 7) is 8.02. The Balaban J connectivity index is 2.07. The van der Waals surface area contributed by atoms with E-state index in [1.165, 1.54) is 33.2 Å². The van der Waals surface area contributed by atoms with Crippen molar-refractivity contribution in [3.05, 3.63) is 53.9 Å². The first-order valence-electron chi connectivity index (χ1n) is 11.1. The Morgan fingerprint density at radius 1 is 1.18 bits per heavy atom. The van der Waals surface area contributed by atoms with Crippen LogP contribution in [0.3, 0.4) is 0 Å². The molecule has 1 aromatic carbocycles. The maximum absolute atomic E-state index is 13.0. The monoisotopic (exact) mass is 458 g/mol. The standard InChI is InChI=1S/C25H34N2O6/c1-6-14-32-16-19(15-18-10-8-7-9-11-18)17(2)33-24(30)25(3,4)27-23(29)21-22(28)20(31-5)12-13-26-21/h7-13,17,19,28H,6,14-16H2,1-5H3,(H,27,29)/t17-,19+/m0/s1. The van der Waals surface area contributed by atoms with Crippen LogP contribution < -0.4 is 10.1 Å². The average Bonchev–Trinajstić information content (AvgIpc) is 2.78. The lowest BCUT2D eigenvalue weighted by Gasteiger charge is -2.29. The number of nitrogens with one attached hydrogen (secondary N) is 1. The van der Waals surface area contributed by atoms with Crippen LogP contribution in [0.25, 0.3) is 0 Å². The zero-order valence-electron chi connectivity index (χ0n) is 20.0. The Hall–Kier alpha value is -3.13. The van der Waals surface area contributed by atoms with Crippen molar-refractivity contribution in [3.8, 4) is 11.5 Å². The lowest BCUT2D eigenvalue weighted by atomic mass is 9.95. The van der Waals surface area contributed by atoms with Crippen molar-refractivity contribution < 1.29 is 28.9 Å². The fourth-order valence-corrected chi connectivity index (χ4v) is 3.23. The number of carbonyl (C=O) groups is 2. The predicted octanol–water partition coefficient (Wildman–Crippen LogP) is 3.52. The molecule has 0 radical (unpaired) electrons. The third kappa shape index (κ3) is 7.46. The summed E-state index contributed by atoms with van der Waals surface area (Å²) in [4.78, 5) is 29.5. The Labute approximate surface area is 195 Å². The van der Waals surface area contributed by atoms with Gasteiger partial charge in [-0.25, -0.2) is 9.78 Å². The molecule has 0 bridgehead atoms. The molecule has 0 unspecified atom stereocenters. The van der Waals surface area contributed by atoms with Gasteiger partial charge in [0.1, 0.15) is 11.6 Å². The third-order valence-corrected chi connectivity index (χ3v) is 5.24. The first kappa shape index (κ1) is 26.1. The van der Waals surface area contributed by atoms with Crippen LogP contribution in [0.4, 0.5) is 0 Å². The van der Waals surface area contributed by atoms with Gasteiger partial charge in [-0.3, -0.25) is 4.79 Å². The van der Waals surface area contributed by atoms with E-state index in [1.807, 2.05) is 44.2 Å². The second kappa shape index (κ2) is 12.2. The number of amides is 1. The van der Waals surface area contributed by atoms with Crippen LogP contribution in [-0.2, 0) is 20.7 Å². The molecule has 33 heavy (non-hydrogen) atoms. The van der Waals surface area contributed by atoms with Crippen LogP contribution in [-0.4, -0.2) is 53.9 Å². The lowest BCUT2D eigenvalue weighted by Crippen LogP contribution is -2.52. The zero-order valence-corrected chi connectivity index (χ0v) is 20.0. The molecule has 1 amide bonds. The molecule has 2 rings (SSSR count). The number of nitrogens with zero attached hydrogens (tertiary/aromatic N) is 1. The first-order valence-corrected chi connectivity index (χ1v) is 11.1. The van der Waals surface area contributed by atoms with Crippen LogP contribution in [0.5, 0.6) is 11.5 Å². The van der Waals surface area contributed by atoms with E-state index in [4.69, 9.17) is 14.2 Å². The summed E-state index contributed by atoms with van der Waals surface area (Å²) in [5.74, 6) is -1.66. The lowest BCUT2D eigenvalue weighted by molar-refractivity contribution is -0.158. The van der Waals surface area contributed by atoms with E-state index in [-0.39, 0.29) is 17.4 Å². The largest absolute Gasteiger partial charge is 0.503 e. The maximum Gasteiger partial charge on any atom is 0.331 e. The quantitative estimate of drug-likeness (QED) is 0.370. The number of esters is 1. The average molecular weight is 459 g/mol. The third-order valence-electron chi connectivity index (χ3n) is 5.24. The number of aromatic hydroxyl groups is 1. The SMILES string of the molecule is CCCOC[C@@H](Cc1ccccc1)[C@H](C)OC(=O)C(C)(C)NC(=O)c1nccc(OC)c1O.